The van der Waals surface area contributed by atoms with Crippen LogP contribution in [-0.4, -0.2) is 38.1 Å². The van der Waals surface area contributed by atoms with Crippen molar-refractivity contribution in [3.63, 3.8) is 0 Å². The van der Waals surface area contributed by atoms with Crippen LogP contribution in [-0.2, 0) is 14.8 Å². The first-order valence-corrected chi connectivity index (χ1v) is 7.53. The summed E-state index contributed by atoms with van der Waals surface area (Å²) in [6, 6.07) is 2.68. The van der Waals surface area contributed by atoms with E-state index in [0.29, 0.717) is 18.7 Å². The molecule has 0 bridgehead atoms. The fourth-order valence-electron chi connectivity index (χ4n) is 1.37. The van der Waals surface area contributed by atoms with Crippen molar-refractivity contribution in [1.82, 2.24) is 9.71 Å². The van der Waals surface area contributed by atoms with Gasteiger partial charge in [-0.2, -0.15) is 0 Å². The molecule has 0 fully saturated rings. The van der Waals surface area contributed by atoms with E-state index < -0.39 is 10.0 Å². The topological polar surface area (TPSA) is 94.3 Å². The van der Waals surface area contributed by atoms with Crippen LogP contribution in [0.3, 0.4) is 0 Å². The molecule has 8 heteroatoms. The number of sulfonamides is 1. The fraction of sp³-hybridized carbons (Fsp3) is 0.455. The van der Waals surface area contributed by atoms with E-state index >= 15 is 0 Å². The Balaban J connectivity index is 2.79. The molecule has 0 spiro atoms. The molecule has 0 aliphatic heterocycles. The molecule has 0 amide bonds. The molecule has 0 aliphatic carbocycles. The number of nitrogens with one attached hydrogen (secondary N) is 1. The van der Waals surface area contributed by atoms with Gasteiger partial charge in [0.05, 0.1) is 5.69 Å². The third-order valence-corrected chi connectivity index (χ3v) is 4.19. The highest BCUT2D eigenvalue weighted by Crippen LogP contribution is 2.09. The fourth-order valence-corrected chi connectivity index (χ4v) is 2.71. The molecule has 1 heterocycles. The minimum Gasteiger partial charge on any atom is -0.388 e. The van der Waals surface area contributed by atoms with Gasteiger partial charge in [0.15, 0.2) is 0 Å². The van der Waals surface area contributed by atoms with Crippen molar-refractivity contribution in [2.24, 2.45) is 5.73 Å². The quantitative estimate of drug-likeness (QED) is 0.709. The molecule has 19 heavy (non-hydrogen) atoms. The van der Waals surface area contributed by atoms with E-state index in [0.717, 1.165) is 0 Å². The van der Waals surface area contributed by atoms with E-state index in [-0.39, 0.29) is 15.9 Å². The first kappa shape index (κ1) is 16.0. The van der Waals surface area contributed by atoms with Crippen LogP contribution in [0.15, 0.2) is 23.2 Å². The summed E-state index contributed by atoms with van der Waals surface area (Å²) in [5.41, 5.74) is 5.79. The maximum Gasteiger partial charge on any atom is 0.242 e. The maximum absolute atomic E-state index is 12.0. The van der Waals surface area contributed by atoms with E-state index in [1.165, 1.54) is 18.3 Å². The van der Waals surface area contributed by atoms with Crippen LogP contribution in [0.5, 0.6) is 0 Å². The first-order chi connectivity index (χ1) is 8.86. The number of hydrogen-bond donors (Lipinski definition) is 2. The Bertz CT molecular complexity index is 529. The summed E-state index contributed by atoms with van der Waals surface area (Å²) in [4.78, 5) is 4.11. The van der Waals surface area contributed by atoms with Crippen molar-refractivity contribution in [3.8, 4) is 0 Å². The molecular weight excluding hydrogens is 286 g/mol. The Morgan fingerprint density at radius 3 is 2.74 bits per heavy atom. The molecule has 0 aliphatic rings. The summed E-state index contributed by atoms with van der Waals surface area (Å²) >= 11 is 4.75. The number of thiocarbonyl (C=S) groups is 1. The monoisotopic (exact) mass is 303 g/mol. The van der Waals surface area contributed by atoms with Crippen LogP contribution in [0.25, 0.3) is 0 Å². The van der Waals surface area contributed by atoms with Crippen molar-refractivity contribution in [1.29, 1.82) is 0 Å². The largest absolute Gasteiger partial charge is 0.388 e. The highest BCUT2D eigenvalue weighted by molar-refractivity contribution is 7.89. The molecular formula is C11H17N3O3S2. The van der Waals surface area contributed by atoms with E-state index in [2.05, 4.69) is 9.71 Å². The number of pyridine rings is 1. The van der Waals surface area contributed by atoms with Crippen molar-refractivity contribution < 1.29 is 13.2 Å². The lowest BCUT2D eigenvalue weighted by Crippen LogP contribution is -2.33. The third kappa shape index (κ3) is 4.83. The molecule has 1 aromatic rings. The van der Waals surface area contributed by atoms with Gasteiger partial charge in [0.2, 0.25) is 10.0 Å². The normalized spacial score (nSPS) is 13.2. The molecule has 1 unspecified atom stereocenters. The highest BCUT2D eigenvalue weighted by atomic mass is 32.2. The van der Waals surface area contributed by atoms with Crippen LogP contribution < -0.4 is 10.5 Å². The average Bonchev–Trinajstić information content (AvgIpc) is 2.36. The van der Waals surface area contributed by atoms with Gasteiger partial charge < -0.3 is 10.5 Å². The van der Waals surface area contributed by atoms with Crippen LogP contribution in [0.4, 0.5) is 0 Å². The standard InChI is InChI=1S/C11H17N3O3S2/c1-8(5-6-17-2)14-19(15,16)9-3-4-10(11(12)18)13-7-9/h3-4,7-8,14H,5-6H2,1-2H3,(H2,12,18). The number of aromatic nitrogens is 1. The Morgan fingerprint density at radius 1 is 1.58 bits per heavy atom. The second-order valence-electron chi connectivity index (χ2n) is 4.05. The maximum atomic E-state index is 12.0. The number of rotatable bonds is 7. The molecule has 3 N–H and O–H groups in total. The number of nitrogens with two attached hydrogens (primary N) is 1. The Hall–Kier alpha value is -1.09. The molecule has 6 nitrogen and oxygen atoms in total. The minimum atomic E-state index is -3.58. The third-order valence-electron chi connectivity index (χ3n) is 2.41. The zero-order valence-electron chi connectivity index (χ0n) is 10.8. The van der Waals surface area contributed by atoms with Gasteiger partial charge in [-0.25, -0.2) is 13.1 Å². The lowest BCUT2D eigenvalue weighted by atomic mass is 10.3. The van der Waals surface area contributed by atoms with Crippen molar-refractivity contribution in [2.75, 3.05) is 13.7 Å². The van der Waals surface area contributed by atoms with Gasteiger partial charge in [0, 0.05) is 26.0 Å². The number of methoxy groups -OCH3 is 1. The second kappa shape index (κ2) is 6.90. The van der Waals surface area contributed by atoms with Gasteiger partial charge in [0.1, 0.15) is 9.88 Å². The predicted molar refractivity (Wildman–Crippen MR) is 76.4 cm³/mol. The van der Waals surface area contributed by atoms with E-state index in [1.54, 1.807) is 14.0 Å². The SMILES string of the molecule is COCCC(C)NS(=O)(=O)c1ccc(C(N)=S)nc1. The van der Waals surface area contributed by atoms with Gasteiger partial charge in [-0.15, -0.1) is 0 Å². The Morgan fingerprint density at radius 2 is 2.26 bits per heavy atom. The highest BCUT2D eigenvalue weighted by Gasteiger charge is 2.17. The van der Waals surface area contributed by atoms with Gasteiger partial charge in [-0.05, 0) is 25.5 Å². The lowest BCUT2D eigenvalue weighted by Gasteiger charge is -2.13. The summed E-state index contributed by atoms with van der Waals surface area (Å²) in [5.74, 6) is 0. The summed E-state index contributed by atoms with van der Waals surface area (Å²) in [5, 5.41) is 0. The molecule has 0 saturated heterocycles. The number of ether oxygens (including phenoxy) is 1. The van der Waals surface area contributed by atoms with Crippen molar-refractivity contribution >= 4 is 27.2 Å². The molecule has 1 aromatic heterocycles. The molecule has 0 radical (unpaired) electrons. The molecule has 1 rings (SSSR count). The van der Waals surface area contributed by atoms with Crippen LogP contribution >= 0.6 is 12.2 Å². The van der Waals surface area contributed by atoms with Gasteiger partial charge in [0.25, 0.3) is 0 Å². The molecule has 0 aromatic carbocycles. The predicted octanol–water partition coefficient (Wildman–Crippen LogP) is 0.419. The van der Waals surface area contributed by atoms with E-state index in [4.69, 9.17) is 22.7 Å². The zero-order valence-corrected chi connectivity index (χ0v) is 12.4. The van der Waals surface area contributed by atoms with Crippen LogP contribution in [0.2, 0.25) is 0 Å². The summed E-state index contributed by atoms with van der Waals surface area (Å²) in [6.45, 7) is 2.26. The Kier molecular flexibility index (Phi) is 5.80. The van der Waals surface area contributed by atoms with Gasteiger partial charge in [-0.3, -0.25) is 4.98 Å². The van der Waals surface area contributed by atoms with E-state index in [1.807, 2.05) is 0 Å². The van der Waals surface area contributed by atoms with Crippen LogP contribution in [0.1, 0.15) is 19.0 Å². The Labute approximate surface area is 118 Å². The average molecular weight is 303 g/mol. The number of nitrogens with zero attached hydrogens (tertiary/aromatic N) is 1. The van der Waals surface area contributed by atoms with Crippen molar-refractivity contribution in [2.45, 2.75) is 24.3 Å². The summed E-state index contributed by atoms with van der Waals surface area (Å²) in [6.07, 6.45) is 1.83. The van der Waals surface area contributed by atoms with E-state index in [9.17, 15) is 8.42 Å². The minimum absolute atomic E-state index is 0.0803. The van der Waals surface area contributed by atoms with Crippen molar-refractivity contribution in [3.05, 3.63) is 24.0 Å². The summed E-state index contributed by atoms with van der Waals surface area (Å²) in [7, 11) is -2.02. The van der Waals surface area contributed by atoms with Gasteiger partial charge in [-0.1, -0.05) is 12.2 Å². The first-order valence-electron chi connectivity index (χ1n) is 5.64. The summed E-state index contributed by atoms with van der Waals surface area (Å²) < 4.78 is 31.5. The van der Waals surface area contributed by atoms with Gasteiger partial charge >= 0.3 is 0 Å². The lowest BCUT2D eigenvalue weighted by molar-refractivity contribution is 0.188. The zero-order chi connectivity index (χ0) is 14.5. The second-order valence-corrected chi connectivity index (χ2v) is 6.20. The smallest absolute Gasteiger partial charge is 0.242 e. The van der Waals surface area contributed by atoms with Crippen LogP contribution in [0, 0.1) is 0 Å². The molecule has 106 valence electrons. The number of hydrogen-bond acceptors (Lipinski definition) is 5. The molecule has 0 saturated carbocycles. The molecule has 1 atom stereocenters.